The summed E-state index contributed by atoms with van der Waals surface area (Å²) in [7, 11) is -3.45. The SMILES string of the molecule is CS(=O)(=O)Nc1cccc(C(=O)Nc2ccccc2C(=O)NCC2CCCO2)c1. The molecule has 1 heterocycles. The van der Waals surface area contributed by atoms with Gasteiger partial charge in [0, 0.05) is 24.4 Å². The van der Waals surface area contributed by atoms with E-state index in [1.807, 2.05) is 0 Å². The molecule has 1 aliphatic heterocycles. The summed E-state index contributed by atoms with van der Waals surface area (Å²) in [4.78, 5) is 25.2. The number of anilines is 2. The molecule has 9 heteroatoms. The summed E-state index contributed by atoms with van der Waals surface area (Å²) in [5, 5.41) is 5.55. The molecule has 1 saturated heterocycles. The van der Waals surface area contributed by atoms with Crippen LogP contribution >= 0.6 is 0 Å². The van der Waals surface area contributed by atoms with Crippen LogP contribution in [0.4, 0.5) is 11.4 Å². The molecule has 1 aliphatic rings. The van der Waals surface area contributed by atoms with Gasteiger partial charge >= 0.3 is 0 Å². The quantitative estimate of drug-likeness (QED) is 0.639. The average Bonchev–Trinajstić information content (AvgIpc) is 3.19. The lowest BCUT2D eigenvalue weighted by atomic mass is 10.1. The van der Waals surface area contributed by atoms with Crippen LogP contribution in [0.15, 0.2) is 48.5 Å². The third kappa shape index (κ3) is 6.03. The predicted octanol–water partition coefficient (Wildman–Crippen LogP) is 2.22. The van der Waals surface area contributed by atoms with Crippen molar-refractivity contribution in [3.05, 3.63) is 59.7 Å². The first-order chi connectivity index (χ1) is 13.8. The molecule has 0 radical (unpaired) electrons. The molecular formula is C20H23N3O5S. The van der Waals surface area contributed by atoms with Crippen molar-refractivity contribution >= 4 is 33.2 Å². The molecule has 1 atom stereocenters. The standard InChI is InChI=1S/C20H23N3O5S/c1-29(26,27)23-15-7-4-6-14(12-15)19(24)22-18-10-3-2-9-17(18)20(25)21-13-16-8-5-11-28-16/h2-4,6-7,9-10,12,16,23H,5,8,11,13H2,1H3,(H,21,25)(H,22,24). The van der Waals surface area contributed by atoms with Gasteiger partial charge in [0.2, 0.25) is 10.0 Å². The Morgan fingerprint density at radius 2 is 1.90 bits per heavy atom. The molecule has 0 saturated carbocycles. The number of amides is 2. The normalized spacial score (nSPS) is 16.2. The van der Waals surface area contributed by atoms with Crippen LogP contribution in [-0.4, -0.2) is 45.7 Å². The summed E-state index contributed by atoms with van der Waals surface area (Å²) in [5.41, 5.74) is 1.24. The molecule has 2 aromatic carbocycles. The van der Waals surface area contributed by atoms with Gasteiger partial charge < -0.3 is 15.4 Å². The zero-order valence-electron chi connectivity index (χ0n) is 16.0. The van der Waals surface area contributed by atoms with E-state index >= 15 is 0 Å². The van der Waals surface area contributed by atoms with Crippen LogP contribution in [0.5, 0.6) is 0 Å². The Bertz CT molecular complexity index is 1000. The van der Waals surface area contributed by atoms with Gasteiger partial charge in [0.15, 0.2) is 0 Å². The molecule has 3 rings (SSSR count). The number of benzene rings is 2. The van der Waals surface area contributed by atoms with Crippen LogP contribution < -0.4 is 15.4 Å². The summed E-state index contributed by atoms with van der Waals surface area (Å²) in [6, 6.07) is 12.8. The Labute approximate surface area is 169 Å². The van der Waals surface area contributed by atoms with Gasteiger partial charge in [-0.1, -0.05) is 18.2 Å². The molecule has 0 bridgehead atoms. The van der Waals surface area contributed by atoms with E-state index in [2.05, 4.69) is 15.4 Å². The summed E-state index contributed by atoms with van der Waals surface area (Å²) in [6.45, 7) is 1.13. The summed E-state index contributed by atoms with van der Waals surface area (Å²) >= 11 is 0. The zero-order chi connectivity index (χ0) is 20.9. The van der Waals surface area contributed by atoms with Crippen molar-refractivity contribution < 1.29 is 22.7 Å². The van der Waals surface area contributed by atoms with E-state index in [1.54, 1.807) is 42.5 Å². The molecule has 154 valence electrons. The number of para-hydroxylation sites is 1. The Kier molecular flexibility index (Phi) is 6.50. The number of sulfonamides is 1. The minimum atomic E-state index is -3.45. The Hall–Kier alpha value is -2.91. The number of rotatable bonds is 7. The van der Waals surface area contributed by atoms with Crippen LogP contribution in [0, 0.1) is 0 Å². The van der Waals surface area contributed by atoms with E-state index < -0.39 is 15.9 Å². The van der Waals surface area contributed by atoms with Crippen LogP contribution in [0.25, 0.3) is 0 Å². The van der Waals surface area contributed by atoms with Crippen molar-refractivity contribution in [2.24, 2.45) is 0 Å². The highest BCUT2D eigenvalue weighted by atomic mass is 32.2. The van der Waals surface area contributed by atoms with Crippen molar-refractivity contribution in [3.63, 3.8) is 0 Å². The first-order valence-electron chi connectivity index (χ1n) is 9.20. The fourth-order valence-corrected chi connectivity index (χ4v) is 3.58. The van der Waals surface area contributed by atoms with E-state index in [0.29, 0.717) is 24.4 Å². The lowest BCUT2D eigenvalue weighted by Crippen LogP contribution is -2.32. The summed E-state index contributed by atoms with van der Waals surface area (Å²) in [5.74, 6) is -0.759. The van der Waals surface area contributed by atoms with Gasteiger partial charge in [-0.2, -0.15) is 0 Å². The van der Waals surface area contributed by atoms with Crippen molar-refractivity contribution in [1.29, 1.82) is 0 Å². The third-order valence-electron chi connectivity index (χ3n) is 4.36. The molecule has 8 nitrogen and oxygen atoms in total. The van der Waals surface area contributed by atoms with Gasteiger partial charge in [0.1, 0.15) is 0 Å². The minimum Gasteiger partial charge on any atom is -0.376 e. The first kappa shape index (κ1) is 20.8. The van der Waals surface area contributed by atoms with E-state index in [9.17, 15) is 18.0 Å². The largest absolute Gasteiger partial charge is 0.376 e. The molecule has 2 amide bonds. The third-order valence-corrected chi connectivity index (χ3v) is 4.97. The van der Waals surface area contributed by atoms with Gasteiger partial charge in [-0.05, 0) is 43.2 Å². The Morgan fingerprint density at radius 3 is 2.62 bits per heavy atom. The highest BCUT2D eigenvalue weighted by molar-refractivity contribution is 7.92. The van der Waals surface area contributed by atoms with Crippen molar-refractivity contribution in [2.75, 3.05) is 29.4 Å². The van der Waals surface area contributed by atoms with E-state index in [-0.39, 0.29) is 23.3 Å². The van der Waals surface area contributed by atoms with Gasteiger partial charge in [-0.15, -0.1) is 0 Å². The number of nitrogens with one attached hydrogen (secondary N) is 3. The number of carbonyl (C=O) groups excluding carboxylic acids is 2. The molecule has 3 N–H and O–H groups in total. The average molecular weight is 417 g/mol. The van der Waals surface area contributed by atoms with Gasteiger partial charge in [-0.3, -0.25) is 14.3 Å². The highest BCUT2D eigenvalue weighted by Gasteiger charge is 2.19. The molecule has 0 aromatic heterocycles. The monoisotopic (exact) mass is 417 g/mol. The fourth-order valence-electron chi connectivity index (χ4n) is 3.03. The molecule has 1 unspecified atom stereocenters. The van der Waals surface area contributed by atoms with Crippen LogP contribution in [0.1, 0.15) is 33.6 Å². The molecule has 1 fully saturated rings. The maximum atomic E-state index is 12.6. The first-order valence-corrected chi connectivity index (χ1v) is 11.1. The second kappa shape index (κ2) is 9.06. The highest BCUT2D eigenvalue weighted by Crippen LogP contribution is 2.18. The van der Waals surface area contributed by atoms with Crippen molar-refractivity contribution in [2.45, 2.75) is 18.9 Å². The molecule has 0 spiro atoms. The van der Waals surface area contributed by atoms with Gasteiger partial charge in [0.25, 0.3) is 11.8 Å². The number of carbonyl (C=O) groups is 2. The van der Waals surface area contributed by atoms with E-state index in [1.165, 1.54) is 6.07 Å². The molecular weight excluding hydrogens is 394 g/mol. The number of hydrogen-bond acceptors (Lipinski definition) is 5. The molecule has 0 aliphatic carbocycles. The lowest BCUT2D eigenvalue weighted by Gasteiger charge is -2.14. The van der Waals surface area contributed by atoms with E-state index in [0.717, 1.165) is 19.1 Å². The zero-order valence-corrected chi connectivity index (χ0v) is 16.8. The number of ether oxygens (including phenoxy) is 1. The van der Waals surface area contributed by atoms with Crippen LogP contribution in [0.2, 0.25) is 0 Å². The Balaban J connectivity index is 1.70. The van der Waals surface area contributed by atoms with Gasteiger partial charge in [0.05, 0.1) is 23.6 Å². The summed E-state index contributed by atoms with van der Waals surface area (Å²) in [6.07, 6.45) is 2.95. The molecule has 2 aromatic rings. The second-order valence-corrected chi connectivity index (χ2v) is 8.55. The fraction of sp³-hybridized carbons (Fsp3) is 0.300. The lowest BCUT2D eigenvalue weighted by molar-refractivity contribution is 0.0858. The topological polar surface area (TPSA) is 114 Å². The van der Waals surface area contributed by atoms with E-state index in [4.69, 9.17) is 4.74 Å². The Morgan fingerprint density at radius 1 is 1.10 bits per heavy atom. The van der Waals surface area contributed by atoms with Crippen LogP contribution in [0.3, 0.4) is 0 Å². The minimum absolute atomic E-state index is 0.0192. The maximum Gasteiger partial charge on any atom is 0.255 e. The summed E-state index contributed by atoms with van der Waals surface area (Å²) < 4.78 is 30.6. The smallest absolute Gasteiger partial charge is 0.255 e. The number of hydrogen-bond donors (Lipinski definition) is 3. The predicted molar refractivity (Wildman–Crippen MR) is 111 cm³/mol. The maximum absolute atomic E-state index is 12.6. The van der Waals surface area contributed by atoms with Crippen molar-refractivity contribution in [3.8, 4) is 0 Å². The van der Waals surface area contributed by atoms with Gasteiger partial charge in [-0.25, -0.2) is 8.42 Å². The molecule has 29 heavy (non-hydrogen) atoms. The van der Waals surface area contributed by atoms with Crippen molar-refractivity contribution in [1.82, 2.24) is 5.32 Å². The second-order valence-electron chi connectivity index (χ2n) is 6.80. The van der Waals surface area contributed by atoms with Crippen LogP contribution in [-0.2, 0) is 14.8 Å².